The third-order valence-corrected chi connectivity index (χ3v) is 3.77. The van der Waals surface area contributed by atoms with E-state index in [0.717, 1.165) is 25.2 Å². The molecule has 1 aromatic rings. The summed E-state index contributed by atoms with van der Waals surface area (Å²) in [5, 5.41) is 3.54. The van der Waals surface area contributed by atoms with Crippen molar-refractivity contribution in [3.63, 3.8) is 0 Å². The number of nitrogens with one attached hydrogen (secondary N) is 1. The topological polar surface area (TPSA) is 15.3 Å². The van der Waals surface area contributed by atoms with Gasteiger partial charge in [0, 0.05) is 25.3 Å². The van der Waals surface area contributed by atoms with Gasteiger partial charge >= 0.3 is 0 Å². The van der Waals surface area contributed by atoms with Crippen LogP contribution in [0.2, 0.25) is 0 Å². The molecule has 2 nitrogen and oxygen atoms in total. The van der Waals surface area contributed by atoms with Gasteiger partial charge in [0.2, 0.25) is 0 Å². The van der Waals surface area contributed by atoms with E-state index in [0.29, 0.717) is 6.04 Å². The first-order valence-electron chi connectivity index (χ1n) is 7.07. The van der Waals surface area contributed by atoms with E-state index in [1.807, 2.05) is 13.1 Å². The van der Waals surface area contributed by atoms with E-state index in [2.05, 4.69) is 37.9 Å². The van der Waals surface area contributed by atoms with Crippen LogP contribution in [0.15, 0.2) is 24.3 Å². The average Bonchev–Trinajstić information content (AvgIpc) is 2.35. The largest absolute Gasteiger partial charge is 0.374 e. The summed E-state index contributed by atoms with van der Waals surface area (Å²) in [5.41, 5.74) is 1.05. The summed E-state index contributed by atoms with van der Waals surface area (Å²) in [6.07, 6.45) is 1.14. The molecule has 0 aromatic heterocycles. The molecule has 0 bridgehead atoms. The molecule has 1 unspecified atom stereocenters. The van der Waals surface area contributed by atoms with Gasteiger partial charge in [-0.2, -0.15) is 0 Å². The molecule has 19 heavy (non-hydrogen) atoms. The number of hydrogen-bond acceptors (Lipinski definition) is 2. The third kappa shape index (κ3) is 4.83. The maximum absolute atomic E-state index is 13.2. The van der Waals surface area contributed by atoms with Crippen molar-refractivity contribution < 1.29 is 4.39 Å². The molecule has 1 rings (SSSR count). The second kappa shape index (κ2) is 6.90. The van der Waals surface area contributed by atoms with Gasteiger partial charge < -0.3 is 10.2 Å². The molecule has 0 heterocycles. The monoisotopic (exact) mass is 266 g/mol. The number of hydrogen-bond donors (Lipinski definition) is 1. The first kappa shape index (κ1) is 16.0. The van der Waals surface area contributed by atoms with E-state index in [4.69, 9.17) is 0 Å². The number of nitrogens with zero attached hydrogens (tertiary/aromatic N) is 1. The fourth-order valence-electron chi connectivity index (χ4n) is 2.19. The quantitative estimate of drug-likeness (QED) is 0.810. The van der Waals surface area contributed by atoms with Crippen molar-refractivity contribution >= 4 is 5.69 Å². The Kier molecular flexibility index (Phi) is 5.80. The Morgan fingerprint density at radius 2 is 2.05 bits per heavy atom. The van der Waals surface area contributed by atoms with E-state index < -0.39 is 0 Å². The van der Waals surface area contributed by atoms with Crippen LogP contribution in [-0.4, -0.2) is 26.2 Å². The highest BCUT2D eigenvalue weighted by Gasteiger charge is 2.27. The van der Waals surface area contributed by atoms with Crippen molar-refractivity contribution in [3.8, 4) is 0 Å². The minimum absolute atomic E-state index is 0.121. The van der Waals surface area contributed by atoms with Gasteiger partial charge in [-0.25, -0.2) is 4.39 Å². The second-order valence-corrected chi connectivity index (χ2v) is 6.00. The minimum Gasteiger partial charge on any atom is -0.374 e. The molecule has 0 fully saturated rings. The van der Waals surface area contributed by atoms with Crippen LogP contribution in [-0.2, 0) is 0 Å². The van der Waals surface area contributed by atoms with Crippen LogP contribution in [0, 0.1) is 11.2 Å². The van der Waals surface area contributed by atoms with E-state index >= 15 is 0 Å². The molecule has 1 N–H and O–H groups in total. The van der Waals surface area contributed by atoms with E-state index in [1.54, 1.807) is 12.1 Å². The van der Waals surface area contributed by atoms with Crippen LogP contribution in [0.3, 0.4) is 0 Å². The van der Waals surface area contributed by atoms with E-state index in [-0.39, 0.29) is 11.2 Å². The SMILES string of the molecule is CCCNC(C)C(C)(C)CN(C)c1cccc(F)c1. The number of rotatable bonds is 7. The summed E-state index contributed by atoms with van der Waals surface area (Å²) >= 11 is 0. The van der Waals surface area contributed by atoms with Crippen LogP contribution >= 0.6 is 0 Å². The van der Waals surface area contributed by atoms with Crippen molar-refractivity contribution in [2.24, 2.45) is 5.41 Å². The van der Waals surface area contributed by atoms with Gasteiger partial charge in [-0.15, -0.1) is 0 Å². The van der Waals surface area contributed by atoms with Crippen LogP contribution < -0.4 is 10.2 Å². The zero-order chi connectivity index (χ0) is 14.5. The van der Waals surface area contributed by atoms with Gasteiger partial charge in [-0.3, -0.25) is 0 Å². The molecule has 0 saturated heterocycles. The Labute approximate surface area is 117 Å². The van der Waals surface area contributed by atoms with E-state index in [1.165, 1.54) is 6.07 Å². The number of anilines is 1. The summed E-state index contributed by atoms with van der Waals surface area (Å²) in [4.78, 5) is 2.12. The highest BCUT2D eigenvalue weighted by atomic mass is 19.1. The number of halogens is 1. The van der Waals surface area contributed by atoms with Crippen LogP contribution in [0.25, 0.3) is 0 Å². The molecule has 0 aliphatic heterocycles. The lowest BCUT2D eigenvalue weighted by Crippen LogP contribution is -2.46. The van der Waals surface area contributed by atoms with E-state index in [9.17, 15) is 4.39 Å². The van der Waals surface area contributed by atoms with Gasteiger partial charge in [-0.1, -0.05) is 26.8 Å². The lowest BCUT2D eigenvalue weighted by molar-refractivity contribution is 0.263. The van der Waals surface area contributed by atoms with Crippen LogP contribution in [0.4, 0.5) is 10.1 Å². The Hall–Kier alpha value is -1.09. The zero-order valence-corrected chi connectivity index (χ0v) is 12.8. The summed E-state index contributed by atoms with van der Waals surface area (Å²) in [6.45, 7) is 10.8. The molecule has 1 atom stereocenters. The minimum atomic E-state index is -0.181. The predicted molar refractivity (Wildman–Crippen MR) is 81.2 cm³/mol. The molecule has 0 amide bonds. The van der Waals surface area contributed by atoms with Crippen molar-refractivity contribution in [2.45, 2.75) is 40.2 Å². The molecule has 0 aliphatic rings. The maximum atomic E-state index is 13.2. The standard InChI is InChI=1S/C16H27FN2/c1-6-10-18-13(2)16(3,4)12-19(5)15-9-7-8-14(17)11-15/h7-9,11,13,18H,6,10,12H2,1-5H3. The molecule has 0 aliphatic carbocycles. The first-order chi connectivity index (χ1) is 8.86. The summed E-state index contributed by atoms with van der Waals surface area (Å²) < 4.78 is 13.2. The van der Waals surface area contributed by atoms with Crippen LogP contribution in [0.5, 0.6) is 0 Å². The Morgan fingerprint density at radius 1 is 1.37 bits per heavy atom. The summed E-state index contributed by atoms with van der Waals surface area (Å²) in [7, 11) is 2.02. The molecule has 0 radical (unpaired) electrons. The third-order valence-electron chi connectivity index (χ3n) is 3.77. The lowest BCUT2D eigenvalue weighted by atomic mass is 9.84. The first-order valence-corrected chi connectivity index (χ1v) is 7.07. The van der Waals surface area contributed by atoms with Gasteiger partial charge in [0.25, 0.3) is 0 Å². The Bertz CT molecular complexity index is 390. The molecular weight excluding hydrogens is 239 g/mol. The maximum Gasteiger partial charge on any atom is 0.125 e. The highest BCUT2D eigenvalue weighted by Crippen LogP contribution is 2.25. The molecule has 0 spiro atoms. The van der Waals surface area contributed by atoms with Crippen molar-refractivity contribution in [3.05, 3.63) is 30.1 Å². The Morgan fingerprint density at radius 3 is 2.63 bits per heavy atom. The summed E-state index contributed by atoms with van der Waals surface area (Å²) in [5.74, 6) is -0.181. The van der Waals surface area contributed by atoms with Gasteiger partial charge in [0.1, 0.15) is 5.82 Å². The lowest BCUT2D eigenvalue weighted by Gasteiger charge is -2.37. The van der Waals surface area contributed by atoms with Gasteiger partial charge in [0.05, 0.1) is 0 Å². The predicted octanol–water partition coefficient (Wildman–Crippen LogP) is 3.68. The molecule has 3 heteroatoms. The molecule has 108 valence electrons. The normalized spacial score (nSPS) is 13.4. The molecule has 1 aromatic carbocycles. The summed E-state index contributed by atoms with van der Waals surface area (Å²) in [6, 6.07) is 7.19. The average molecular weight is 266 g/mol. The number of benzene rings is 1. The van der Waals surface area contributed by atoms with Crippen LogP contribution in [0.1, 0.15) is 34.1 Å². The smallest absolute Gasteiger partial charge is 0.125 e. The van der Waals surface area contributed by atoms with Crippen molar-refractivity contribution in [1.82, 2.24) is 5.32 Å². The second-order valence-electron chi connectivity index (χ2n) is 6.00. The molecule has 0 saturated carbocycles. The Balaban J connectivity index is 2.66. The van der Waals surface area contributed by atoms with Gasteiger partial charge in [-0.05, 0) is 43.5 Å². The van der Waals surface area contributed by atoms with Crippen molar-refractivity contribution in [1.29, 1.82) is 0 Å². The van der Waals surface area contributed by atoms with Crippen molar-refractivity contribution in [2.75, 3.05) is 25.0 Å². The molecular formula is C16H27FN2. The fraction of sp³-hybridized carbons (Fsp3) is 0.625. The van der Waals surface area contributed by atoms with Gasteiger partial charge in [0.15, 0.2) is 0 Å². The zero-order valence-electron chi connectivity index (χ0n) is 12.8. The highest BCUT2D eigenvalue weighted by molar-refractivity contribution is 5.45. The fourth-order valence-corrected chi connectivity index (χ4v) is 2.19.